The average Bonchev–Trinajstić information content (AvgIpc) is 4.02. The Bertz CT molecular complexity index is 2540. The Kier molecular flexibility index (Phi) is 19.8. The normalized spacial score (nSPS) is 13.5. The lowest BCUT2D eigenvalue weighted by Gasteiger charge is -2.41. The van der Waals surface area contributed by atoms with E-state index >= 15 is 4.39 Å². The highest BCUT2D eigenvalue weighted by Crippen LogP contribution is 2.41. The SMILES string of the molecule is CC(C)(C)[C@H](c1cc(-c2cc(F)ccc2F)cn1Cc1ccccc1)N(CCCNC(=O)OCC[Si](C)(C)C)C(=O)CSC[C@H](NC(=O)CCc1noc(CCNC(=O)CN2C(=O)C=CC2=O)n1)C(=O)O. The van der Waals surface area contributed by atoms with Gasteiger partial charge in [0.25, 0.3) is 11.8 Å². The van der Waals surface area contributed by atoms with Crippen LogP contribution in [0.1, 0.15) is 62.6 Å². The van der Waals surface area contributed by atoms with Crippen LogP contribution in [-0.2, 0) is 52.9 Å². The van der Waals surface area contributed by atoms with E-state index in [1.807, 2.05) is 55.7 Å². The quantitative estimate of drug-likeness (QED) is 0.0334. The van der Waals surface area contributed by atoms with E-state index < -0.39 is 79.4 Å². The van der Waals surface area contributed by atoms with Crippen LogP contribution in [0.3, 0.4) is 0 Å². The van der Waals surface area contributed by atoms with E-state index in [0.29, 0.717) is 30.8 Å². The van der Waals surface area contributed by atoms with Crippen LogP contribution in [-0.4, -0.2) is 130 Å². The van der Waals surface area contributed by atoms with Crippen molar-refractivity contribution in [3.05, 3.63) is 108 Å². The van der Waals surface area contributed by atoms with E-state index in [-0.39, 0.29) is 73.6 Å². The number of ether oxygens (including phenoxy) is 1. The third kappa shape index (κ3) is 17.3. The first-order chi connectivity index (χ1) is 33.6. The minimum absolute atomic E-state index is 0.000387. The molecule has 18 nitrogen and oxygen atoms in total. The number of halogens is 2. The summed E-state index contributed by atoms with van der Waals surface area (Å²) in [6, 6.07) is 13.3. The van der Waals surface area contributed by atoms with E-state index in [1.165, 1.54) is 0 Å². The third-order valence-electron chi connectivity index (χ3n) is 11.1. The summed E-state index contributed by atoms with van der Waals surface area (Å²) >= 11 is 1.02. The maximum absolute atomic E-state index is 15.3. The smallest absolute Gasteiger partial charge is 0.407 e. The molecule has 71 heavy (non-hydrogen) atoms. The molecule has 2 aromatic heterocycles. The minimum Gasteiger partial charge on any atom is -0.480 e. The molecule has 2 atom stereocenters. The van der Waals surface area contributed by atoms with Crippen LogP contribution in [0.2, 0.25) is 25.7 Å². The molecular weight excluding hydrogens is 959 g/mol. The molecule has 0 bridgehead atoms. The summed E-state index contributed by atoms with van der Waals surface area (Å²) < 4.78 is 42.4. The van der Waals surface area contributed by atoms with Gasteiger partial charge in [-0.05, 0) is 47.7 Å². The Hall–Kier alpha value is -6.68. The molecule has 6 amide bonds. The van der Waals surface area contributed by atoms with Gasteiger partial charge in [-0.2, -0.15) is 4.98 Å². The van der Waals surface area contributed by atoms with Crippen molar-refractivity contribution in [1.29, 1.82) is 0 Å². The van der Waals surface area contributed by atoms with Crippen LogP contribution in [0.5, 0.6) is 0 Å². The fraction of sp³-hybridized carbons (Fsp3) is 0.449. The zero-order valence-electron chi connectivity index (χ0n) is 40.8. The Labute approximate surface area is 416 Å². The lowest BCUT2D eigenvalue weighted by atomic mass is 9.83. The van der Waals surface area contributed by atoms with Crippen LogP contribution < -0.4 is 16.0 Å². The van der Waals surface area contributed by atoms with Gasteiger partial charge in [0.1, 0.15) is 24.2 Å². The summed E-state index contributed by atoms with van der Waals surface area (Å²) in [6.45, 7) is 13.0. The average molecular weight is 1020 g/mol. The van der Waals surface area contributed by atoms with Crippen molar-refractivity contribution in [2.24, 2.45) is 5.41 Å². The van der Waals surface area contributed by atoms with Gasteiger partial charge in [0.15, 0.2) is 5.82 Å². The van der Waals surface area contributed by atoms with Crippen LogP contribution in [0.25, 0.3) is 11.1 Å². The molecule has 0 fully saturated rings. The zero-order chi connectivity index (χ0) is 51.9. The number of carbonyl (C=O) groups excluding carboxylic acids is 6. The van der Waals surface area contributed by atoms with Crippen molar-refractivity contribution in [2.75, 3.05) is 44.3 Å². The molecule has 4 N–H and O–H groups in total. The summed E-state index contributed by atoms with van der Waals surface area (Å²) in [6.07, 6.45) is 3.56. The largest absolute Gasteiger partial charge is 0.480 e. The van der Waals surface area contributed by atoms with Crippen molar-refractivity contribution >= 4 is 61.4 Å². The van der Waals surface area contributed by atoms with E-state index in [9.17, 15) is 43.1 Å². The number of amides is 6. The number of alkyl carbamates (subject to hydrolysis) is 1. The van der Waals surface area contributed by atoms with Crippen LogP contribution >= 0.6 is 11.8 Å². The summed E-state index contributed by atoms with van der Waals surface area (Å²) in [5.41, 5.74) is 1.34. The molecule has 1 aliphatic rings. The number of benzene rings is 2. The second kappa shape index (κ2) is 25.4. The van der Waals surface area contributed by atoms with Gasteiger partial charge in [-0.3, -0.25) is 28.9 Å². The summed E-state index contributed by atoms with van der Waals surface area (Å²) in [7, 11) is -1.45. The summed E-state index contributed by atoms with van der Waals surface area (Å²) in [5, 5.41) is 21.8. The molecule has 0 aliphatic carbocycles. The number of nitrogens with zero attached hydrogens (tertiary/aromatic N) is 5. The van der Waals surface area contributed by atoms with E-state index in [4.69, 9.17) is 9.26 Å². The minimum atomic E-state index is -1.45. The second-order valence-electron chi connectivity index (χ2n) is 19.2. The fourth-order valence-corrected chi connectivity index (χ4v) is 9.19. The Morgan fingerprint density at radius 2 is 1.66 bits per heavy atom. The number of aryl methyl sites for hydroxylation is 1. The van der Waals surface area contributed by atoms with Gasteiger partial charge in [-0.1, -0.05) is 75.9 Å². The molecule has 1 aliphatic heterocycles. The van der Waals surface area contributed by atoms with E-state index in [2.05, 4.69) is 45.7 Å². The number of carboxylic acid groups (broad SMARTS) is 1. The first-order valence-corrected chi connectivity index (χ1v) is 28.0. The van der Waals surface area contributed by atoms with Crippen molar-refractivity contribution in [1.82, 2.24) is 40.5 Å². The maximum atomic E-state index is 15.3. The summed E-state index contributed by atoms with van der Waals surface area (Å²) in [5.74, 6) is -5.32. The molecule has 0 spiro atoms. The number of thioether (sulfide) groups is 1. The van der Waals surface area contributed by atoms with Crippen LogP contribution in [0.4, 0.5) is 13.6 Å². The third-order valence-corrected chi connectivity index (χ3v) is 13.8. The lowest BCUT2D eigenvalue weighted by molar-refractivity contribution is -0.141. The van der Waals surface area contributed by atoms with E-state index in [1.54, 1.807) is 17.2 Å². The van der Waals surface area contributed by atoms with Crippen molar-refractivity contribution in [3.8, 4) is 11.1 Å². The van der Waals surface area contributed by atoms with Gasteiger partial charge >= 0.3 is 12.1 Å². The van der Waals surface area contributed by atoms with Crippen LogP contribution in [0.15, 0.2) is 77.5 Å². The first-order valence-electron chi connectivity index (χ1n) is 23.2. The number of aliphatic carboxylic acids is 1. The topological polar surface area (TPSA) is 235 Å². The highest BCUT2D eigenvalue weighted by atomic mass is 32.2. The molecule has 4 aromatic rings. The Morgan fingerprint density at radius 1 is 0.944 bits per heavy atom. The molecule has 382 valence electrons. The standard InChI is InChI=1S/C49H62F2N8O10SSi/c1-49(2,3)46(38-25-33(35-26-34(50)13-14-36(35)51)28-57(38)27-32-11-8-7-9-12-32)58(22-10-20-53-48(67)68-23-24-71(4,5)6)45(64)31-70-30-37(47(65)66)54-40(60)16-15-39-55-42(69-56-39)19-21-52-41(61)29-59-43(62)17-18-44(59)63/h7-9,11-14,17-18,25-26,28,37,46H,10,15-16,19-24,27,29-31H2,1-6H3,(H,52,61)(H,53,67)(H,54,60)(H,65,66)/t37-,46-/m0/s1. The molecule has 2 aromatic carbocycles. The van der Waals surface area contributed by atoms with Gasteiger partial charge in [0.05, 0.1) is 18.4 Å². The number of carbonyl (C=O) groups is 7. The molecule has 3 heterocycles. The first kappa shape index (κ1) is 55.2. The number of imide groups is 1. The zero-order valence-corrected chi connectivity index (χ0v) is 42.6. The number of rotatable bonds is 26. The number of carboxylic acids is 1. The van der Waals surface area contributed by atoms with Gasteiger partial charge in [0.2, 0.25) is 23.6 Å². The van der Waals surface area contributed by atoms with Crippen molar-refractivity contribution in [3.63, 3.8) is 0 Å². The number of hydrogen-bond acceptors (Lipinski definition) is 12. The molecule has 0 radical (unpaired) electrons. The Morgan fingerprint density at radius 3 is 2.34 bits per heavy atom. The van der Waals surface area contributed by atoms with Crippen molar-refractivity contribution < 1.29 is 56.7 Å². The number of aromatic nitrogens is 3. The Balaban J connectivity index is 1.26. The van der Waals surface area contributed by atoms with Gasteiger partial charge in [0, 0.05) is 94.4 Å². The highest BCUT2D eigenvalue weighted by Gasteiger charge is 2.37. The number of nitrogens with one attached hydrogen (secondary N) is 3. The lowest BCUT2D eigenvalue weighted by Crippen LogP contribution is -2.45. The predicted octanol–water partition coefficient (Wildman–Crippen LogP) is 5.75. The highest BCUT2D eigenvalue weighted by molar-refractivity contribution is 8.00. The van der Waals surface area contributed by atoms with Gasteiger partial charge in [-0.15, -0.1) is 11.8 Å². The van der Waals surface area contributed by atoms with E-state index in [0.717, 1.165) is 58.6 Å². The molecule has 0 saturated heterocycles. The molecular formula is C49H62F2N8O10SSi. The molecule has 0 saturated carbocycles. The van der Waals surface area contributed by atoms with Gasteiger partial charge in [-0.25, -0.2) is 18.4 Å². The molecule has 22 heteroatoms. The summed E-state index contributed by atoms with van der Waals surface area (Å²) in [4.78, 5) is 94.9. The molecule has 0 unspecified atom stereocenters. The fourth-order valence-electron chi connectivity index (χ4n) is 7.55. The monoisotopic (exact) mass is 1020 g/mol. The molecule has 5 rings (SSSR count). The van der Waals surface area contributed by atoms with Crippen LogP contribution in [0, 0.1) is 17.0 Å². The number of hydrogen-bond donors (Lipinski definition) is 4. The predicted molar refractivity (Wildman–Crippen MR) is 263 cm³/mol. The van der Waals surface area contributed by atoms with Gasteiger partial charge < -0.3 is 39.8 Å². The second-order valence-corrected chi connectivity index (χ2v) is 25.9. The van der Waals surface area contributed by atoms with Crippen molar-refractivity contribution in [2.45, 2.75) is 90.8 Å². The maximum Gasteiger partial charge on any atom is 0.407 e.